The van der Waals surface area contributed by atoms with Crippen molar-refractivity contribution in [2.75, 3.05) is 60.6 Å². The van der Waals surface area contributed by atoms with Crippen LogP contribution >= 0.6 is 24.8 Å². The number of piperazine rings is 1. The van der Waals surface area contributed by atoms with Crippen molar-refractivity contribution in [2.45, 2.75) is 18.5 Å². The number of hydrogen-bond acceptors (Lipinski definition) is 8. The molecule has 0 spiro atoms. The maximum absolute atomic E-state index is 12.0. The van der Waals surface area contributed by atoms with E-state index in [-0.39, 0.29) is 48.4 Å². The highest BCUT2D eigenvalue weighted by molar-refractivity contribution is 7.91. The molecular formula is C15H26Cl2N6O2S. The van der Waals surface area contributed by atoms with Crippen LogP contribution in [0.15, 0.2) is 12.3 Å². The van der Waals surface area contributed by atoms with Crippen molar-refractivity contribution in [3.05, 3.63) is 12.3 Å². The molecular weight excluding hydrogens is 399 g/mol. The summed E-state index contributed by atoms with van der Waals surface area (Å²) < 4.78 is 24.0. The summed E-state index contributed by atoms with van der Waals surface area (Å²) in [6.07, 6.45) is 2.86. The van der Waals surface area contributed by atoms with E-state index >= 15 is 0 Å². The molecule has 0 amide bonds. The second kappa shape index (κ2) is 8.88. The van der Waals surface area contributed by atoms with Gasteiger partial charge < -0.3 is 20.4 Å². The van der Waals surface area contributed by atoms with Gasteiger partial charge in [0.15, 0.2) is 9.84 Å². The molecule has 0 bridgehead atoms. The van der Waals surface area contributed by atoms with E-state index in [2.05, 4.69) is 25.4 Å². The van der Waals surface area contributed by atoms with Gasteiger partial charge in [-0.3, -0.25) is 0 Å². The average Bonchev–Trinajstić information content (AvgIpc) is 2.75. The molecule has 4 heterocycles. The third-order valence-corrected chi connectivity index (χ3v) is 6.74. The number of anilines is 2. The maximum Gasteiger partial charge on any atom is 0.227 e. The van der Waals surface area contributed by atoms with Crippen molar-refractivity contribution >= 4 is 46.4 Å². The zero-order chi connectivity index (χ0) is 16.6. The lowest BCUT2D eigenvalue weighted by Gasteiger charge is -2.38. The highest BCUT2D eigenvalue weighted by Crippen LogP contribution is 2.26. The molecule has 3 aliphatic heterocycles. The van der Waals surface area contributed by atoms with Gasteiger partial charge in [0.2, 0.25) is 5.95 Å². The number of rotatable bonds is 2. The van der Waals surface area contributed by atoms with E-state index in [1.807, 2.05) is 6.07 Å². The van der Waals surface area contributed by atoms with Crippen LogP contribution in [0.3, 0.4) is 0 Å². The lowest BCUT2D eigenvalue weighted by molar-refractivity contribution is 0.422. The molecule has 3 saturated heterocycles. The molecule has 2 N–H and O–H groups in total. The minimum absolute atomic E-state index is 0. The van der Waals surface area contributed by atoms with E-state index in [9.17, 15) is 8.42 Å². The fourth-order valence-corrected chi connectivity index (χ4v) is 5.80. The van der Waals surface area contributed by atoms with E-state index in [1.54, 1.807) is 6.20 Å². The summed E-state index contributed by atoms with van der Waals surface area (Å²) in [5.41, 5.74) is 0. The van der Waals surface area contributed by atoms with Crippen LogP contribution in [-0.4, -0.2) is 81.2 Å². The molecule has 1 aromatic heterocycles. The topological polar surface area (TPSA) is 90.5 Å². The maximum atomic E-state index is 12.0. The summed E-state index contributed by atoms with van der Waals surface area (Å²) in [4.78, 5) is 13.5. The Morgan fingerprint density at radius 1 is 1.08 bits per heavy atom. The van der Waals surface area contributed by atoms with Crippen molar-refractivity contribution in [3.63, 3.8) is 0 Å². The van der Waals surface area contributed by atoms with Gasteiger partial charge in [-0.15, -0.1) is 24.8 Å². The molecule has 8 nitrogen and oxygen atoms in total. The first-order valence-electron chi connectivity index (χ1n) is 8.61. The Bertz CT molecular complexity index is 699. The molecule has 26 heavy (non-hydrogen) atoms. The van der Waals surface area contributed by atoms with E-state index in [1.165, 1.54) is 0 Å². The standard InChI is InChI=1S/C15H24N6O2S.2ClH/c22-24(23)10-12-13(11-24)21(9-6-17-12)14-2-4-18-15(19-14)20-7-1-3-16-5-8-20;;/h2,4,12-13,16-17H,1,3,5-11H2;2*1H/t12-,13+;;/m0../s1. The zero-order valence-corrected chi connectivity index (χ0v) is 17.0. The van der Waals surface area contributed by atoms with E-state index in [0.29, 0.717) is 0 Å². The summed E-state index contributed by atoms with van der Waals surface area (Å²) in [5, 5.41) is 6.72. The summed E-state index contributed by atoms with van der Waals surface area (Å²) in [6.45, 7) is 5.35. The molecule has 11 heteroatoms. The van der Waals surface area contributed by atoms with Crippen LogP contribution in [0.5, 0.6) is 0 Å². The third-order valence-electron chi connectivity index (χ3n) is 5.03. The van der Waals surface area contributed by atoms with Gasteiger partial charge in [0, 0.05) is 45.0 Å². The van der Waals surface area contributed by atoms with Gasteiger partial charge in [0.05, 0.1) is 17.5 Å². The first-order valence-corrected chi connectivity index (χ1v) is 10.4. The molecule has 0 radical (unpaired) electrons. The van der Waals surface area contributed by atoms with Crippen LogP contribution < -0.4 is 20.4 Å². The van der Waals surface area contributed by atoms with Gasteiger partial charge in [0.1, 0.15) is 5.82 Å². The largest absolute Gasteiger partial charge is 0.350 e. The Balaban J connectivity index is 0.00000121. The number of nitrogens with one attached hydrogen (secondary N) is 2. The van der Waals surface area contributed by atoms with Gasteiger partial charge in [-0.1, -0.05) is 0 Å². The van der Waals surface area contributed by atoms with Crippen LogP contribution in [0.1, 0.15) is 6.42 Å². The summed E-state index contributed by atoms with van der Waals surface area (Å²) in [7, 11) is -2.97. The molecule has 0 saturated carbocycles. The van der Waals surface area contributed by atoms with Gasteiger partial charge in [-0.05, 0) is 19.0 Å². The molecule has 3 aliphatic rings. The number of nitrogens with zero attached hydrogens (tertiary/aromatic N) is 4. The molecule has 2 atom stereocenters. The van der Waals surface area contributed by atoms with Gasteiger partial charge in [-0.25, -0.2) is 13.4 Å². The summed E-state index contributed by atoms with van der Waals surface area (Å²) in [5.74, 6) is 2.01. The summed E-state index contributed by atoms with van der Waals surface area (Å²) in [6, 6.07) is 1.87. The Hall–Kier alpha value is -0.870. The minimum atomic E-state index is -2.97. The van der Waals surface area contributed by atoms with E-state index < -0.39 is 9.84 Å². The fraction of sp³-hybridized carbons (Fsp3) is 0.733. The van der Waals surface area contributed by atoms with Gasteiger partial charge in [0.25, 0.3) is 0 Å². The average molecular weight is 425 g/mol. The molecule has 0 aromatic carbocycles. The molecule has 1 aromatic rings. The van der Waals surface area contributed by atoms with Gasteiger partial charge >= 0.3 is 0 Å². The van der Waals surface area contributed by atoms with Crippen LogP contribution in [0.2, 0.25) is 0 Å². The second-order valence-electron chi connectivity index (χ2n) is 6.70. The third kappa shape index (κ3) is 4.51. The second-order valence-corrected chi connectivity index (χ2v) is 8.86. The van der Waals surface area contributed by atoms with E-state index in [4.69, 9.17) is 4.98 Å². The normalized spacial score (nSPS) is 27.7. The molecule has 148 valence electrons. The minimum Gasteiger partial charge on any atom is -0.350 e. The first kappa shape index (κ1) is 21.4. The van der Waals surface area contributed by atoms with Crippen molar-refractivity contribution in [3.8, 4) is 0 Å². The van der Waals surface area contributed by atoms with Crippen molar-refractivity contribution in [1.29, 1.82) is 0 Å². The Kier molecular flexibility index (Phi) is 7.32. The molecule has 4 rings (SSSR count). The predicted octanol–water partition coefficient (Wildman–Crippen LogP) is -0.305. The zero-order valence-electron chi connectivity index (χ0n) is 14.5. The lowest BCUT2D eigenvalue weighted by Crippen LogP contribution is -2.57. The van der Waals surface area contributed by atoms with Gasteiger partial charge in [-0.2, -0.15) is 4.98 Å². The van der Waals surface area contributed by atoms with Crippen molar-refractivity contribution < 1.29 is 8.42 Å². The first-order chi connectivity index (χ1) is 11.6. The highest BCUT2D eigenvalue weighted by atomic mass is 35.5. The number of sulfone groups is 1. The van der Waals surface area contributed by atoms with Crippen LogP contribution in [0, 0.1) is 0 Å². The van der Waals surface area contributed by atoms with Crippen molar-refractivity contribution in [1.82, 2.24) is 20.6 Å². The van der Waals surface area contributed by atoms with Crippen LogP contribution in [0.25, 0.3) is 0 Å². The highest BCUT2D eigenvalue weighted by Gasteiger charge is 2.43. The summed E-state index contributed by atoms with van der Waals surface area (Å²) >= 11 is 0. The number of aromatic nitrogens is 2. The predicted molar refractivity (Wildman–Crippen MR) is 108 cm³/mol. The van der Waals surface area contributed by atoms with Crippen LogP contribution in [0.4, 0.5) is 11.8 Å². The monoisotopic (exact) mass is 424 g/mol. The Labute approximate surface area is 166 Å². The Morgan fingerprint density at radius 3 is 2.77 bits per heavy atom. The SMILES string of the molecule is Cl.Cl.O=S1(=O)C[C@@H]2NCCN(c3ccnc(N4CCCNCC4)n3)[C@@H]2C1. The molecule has 3 fully saturated rings. The van der Waals surface area contributed by atoms with Crippen molar-refractivity contribution in [2.24, 2.45) is 0 Å². The fourth-order valence-electron chi connectivity index (χ4n) is 3.85. The number of halogens is 2. The quantitative estimate of drug-likeness (QED) is 0.668. The lowest BCUT2D eigenvalue weighted by atomic mass is 10.1. The molecule has 0 unspecified atom stereocenters. The van der Waals surface area contributed by atoms with Crippen LogP contribution in [-0.2, 0) is 9.84 Å². The number of fused-ring (bicyclic) bond motifs is 1. The smallest absolute Gasteiger partial charge is 0.227 e. The van der Waals surface area contributed by atoms with E-state index in [0.717, 1.165) is 57.5 Å². The molecule has 0 aliphatic carbocycles. The Morgan fingerprint density at radius 2 is 1.92 bits per heavy atom. The number of hydrogen-bond donors (Lipinski definition) is 2.